The molecule has 7 nitrogen and oxygen atoms in total. The van der Waals surface area contributed by atoms with E-state index in [2.05, 4.69) is 4.72 Å². The highest BCUT2D eigenvalue weighted by Gasteiger charge is 2.20. The van der Waals surface area contributed by atoms with Crippen LogP contribution in [0.4, 0.5) is 5.69 Å². The summed E-state index contributed by atoms with van der Waals surface area (Å²) in [6.07, 6.45) is 0. The predicted octanol–water partition coefficient (Wildman–Crippen LogP) is 2.39. The van der Waals surface area contributed by atoms with Crippen LogP contribution in [0, 0.1) is 17.0 Å². The second kappa shape index (κ2) is 6.76. The lowest BCUT2D eigenvalue weighted by Crippen LogP contribution is -2.24. The van der Waals surface area contributed by atoms with Crippen molar-refractivity contribution in [3.8, 4) is 5.75 Å². The molecule has 0 saturated heterocycles. The molecule has 0 heterocycles. The maximum atomic E-state index is 12.4. The quantitative estimate of drug-likeness (QED) is 0.645. The fourth-order valence-corrected chi connectivity index (χ4v) is 3.27. The highest BCUT2D eigenvalue weighted by molar-refractivity contribution is 7.89. The standard InChI is InChI=1S/C15H16N2O5S/c1-11-3-6-13(17(18)19)9-15(11)23(20,21)16-10-12-4-7-14(22-2)8-5-12/h3-9,16H,10H2,1-2H3. The zero-order valence-corrected chi connectivity index (χ0v) is 13.5. The summed E-state index contributed by atoms with van der Waals surface area (Å²) in [5, 5.41) is 10.8. The van der Waals surface area contributed by atoms with Gasteiger partial charge in [0, 0.05) is 18.7 Å². The summed E-state index contributed by atoms with van der Waals surface area (Å²) in [7, 11) is -2.30. The second-order valence-corrected chi connectivity index (χ2v) is 6.61. The van der Waals surface area contributed by atoms with Crippen LogP contribution in [-0.2, 0) is 16.6 Å². The first kappa shape index (κ1) is 16.9. The van der Waals surface area contributed by atoms with E-state index in [1.807, 2.05) is 0 Å². The number of nitro benzene ring substituents is 1. The van der Waals surface area contributed by atoms with Gasteiger partial charge in [-0.05, 0) is 30.2 Å². The summed E-state index contributed by atoms with van der Waals surface area (Å²) < 4.78 is 32.2. The number of hydrogen-bond acceptors (Lipinski definition) is 5. The molecule has 0 aromatic heterocycles. The number of hydrogen-bond donors (Lipinski definition) is 1. The van der Waals surface area contributed by atoms with Crippen molar-refractivity contribution >= 4 is 15.7 Å². The molecule has 0 spiro atoms. The Hall–Kier alpha value is -2.45. The third-order valence-electron chi connectivity index (χ3n) is 3.30. The Bertz CT molecular complexity index is 816. The molecule has 0 saturated carbocycles. The van der Waals surface area contributed by atoms with Gasteiger partial charge in [0.15, 0.2) is 0 Å². The summed E-state index contributed by atoms with van der Waals surface area (Å²) >= 11 is 0. The minimum atomic E-state index is -3.85. The van der Waals surface area contributed by atoms with Crippen LogP contribution in [-0.4, -0.2) is 20.5 Å². The summed E-state index contributed by atoms with van der Waals surface area (Å²) in [5.74, 6) is 0.672. The molecular weight excluding hydrogens is 320 g/mol. The lowest BCUT2D eigenvalue weighted by molar-refractivity contribution is -0.385. The maximum Gasteiger partial charge on any atom is 0.270 e. The van der Waals surface area contributed by atoms with E-state index in [4.69, 9.17) is 4.74 Å². The first-order valence-corrected chi connectivity index (χ1v) is 8.19. The Morgan fingerprint density at radius 2 is 1.83 bits per heavy atom. The van der Waals surface area contributed by atoms with Crippen LogP contribution in [0.2, 0.25) is 0 Å². The van der Waals surface area contributed by atoms with E-state index >= 15 is 0 Å². The summed E-state index contributed by atoms with van der Waals surface area (Å²) in [4.78, 5) is 10.1. The summed E-state index contributed by atoms with van der Waals surface area (Å²) in [6, 6.07) is 10.7. The van der Waals surface area contributed by atoms with Crippen LogP contribution in [0.5, 0.6) is 5.75 Å². The Balaban J connectivity index is 2.21. The number of nitro groups is 1. The minimum absolute atomic E-state index is 0.0778. The largest absolute Gasteiger partial charge is 0.497 e. The van der Waals surface area contributed by atoms with E-state index in [0.29, 0.717) is 11.3 Å². The lowest BCUT2D eigenvalue weighted by atomic mass is 10.2. The van der Waals surface area contributed by atoms with Crippen molar-refractivity contribution in [1.29, 1.82) is 0 Å². The highest BCUT2D eigenvalue weighted by Crippen LogP contribution is 2.22. The number of sulfonamides is 1. The summed E-state index contributed by atoms with van der Waals surface area (Å²) in [5.41, 5.74) is 0.927. The van der Waals surface area contributed by atoms with Crippen molar-refractivity contribution in [2.24, 2.45) is 0 Å². The second-order valence-electron chi connectivity index (χ2n) is 4.88. The number of aryl methyl sites for hydroxylation is 1. The van der Waals surface area contributed by atoms with Crippen molar-refractivity contribution in [3.05, 3.63) is 63.7 Å². The zero-order chi connectivity index (χ0) is 17.0. The molecule has 0 aliphatic rings. The molecule has 0 aliphatic carbocycles. The van der Waals surface area contributed by atoms with Gasteiger partial charge in [-0.15, -0.1) is 0 Å². The molecular formula is C15H16N2O5S. The van der Waals surface area contributed by atoms with Crippen molar-refractivity contribution in [2.75, 3.05) is 7.11 Å². The van der Waals surface area contributed by atoms with Gasteiger partial charge in [0.1, 0.15) is 5.75 Å². The zero-order valence-electron chi connectivity index (χ0n) is 12.6. The highest BCUT2D eigenvalue weighted by atomic mass is 32.2. The molecule has 23 heavy (non-hydrogen) atoms. The van der Waals surface area contributed by atoms with Gasteiger partial charge < -0.3 is 4.74 Å². The predicted molar refractivity (Wildman–Crippen MR) is 84.9 cm³/mol. The molecule has 0 bridgehead atoms. The Labute approximate surface area is 134 Å². The van der Waals surface area contributed by atoms with Gasteiger partial charge in [0.2, 0.25) is 10.0 Å². The number of benzene rings is 2. The van der Waals surface area contributed by atoms with Crippen LogP contribution in [0.15, 0.2) is 47.4 Å². The fourth-order valence-electron chi connectivity index (χ4n) is 1.99. The van der Waals surface area contributed by atoms with Crippen LogP contribution < -0.4 is 9.46 Å². The third kappa shape index (κ3) is 4.05. The van der Waals surface area contributed by atoms with Crippen molar-refractivity contribution in [1.82, 2.24) is 4.72 Å². The number of nitrogens with zero attached hydrogens (tertiary/aromatic N) is 1. The van der Waals surface area contributed by atoms with E-state index in [9.17, 15) is 18.5 Å². The van der Waals surface area contributed by atoms with E-state index in [-0.39, 0.29) is 17.1 Å². The molecule has 0 fully saturated rings. The molecule has 0 amide bonds. The Morgan fingerprint density at radius 3 is 2.39 bits per heavy atom. The van der Waals surface area contributed by atoms with E-state index < -0.39 is 14.9 Å². The molecule has 2 aromatic carbocycles. The average Bonchev–Trinajstić information content (AvgIpc) is 2.53. The molecule has 0 unspecified atom stereocenters. The van der Waals surface area contributed by atoms with Gasteiger partial charge in [0.25, 0.3) is 5.69 Å². The lowest BCUT2D eigenvalue weighted by Gasteiger charge is -2.09. The van der Waals surface area contributed by atoms with Gasteiger partial charge in [-0.1, -0.05) is 18.2 Å². The molecule has 0 atom stereocenters. The molecule has 0 radical (unpaired) electrons. The first-order chi connectivity index (χ1) is 10.8. The van der Waals surface area contributed by atoms with E-state index in [0.717, 1.165) is 11.6 Å². The molecule has 8 heteroatoms. The number of rotatable bonds is 6. The van der Waals surface area contributed by atoms with Gasteiger partial charge >= 0.3 is 0 Å². The Morgan fingerprint density at radius 1 is 1.17 bits per heavy atom. The number of nitrogens with one attached hydrogen (secondary N) is 1. The van der Waals surface area contributed by atoms with E-state index in [1.54, 1.807) is 38.3 Å². The average molecular weight is 336 g/mol. The molecule has 1 N–H and O–H groups in total. The molecule has 2 aromatic rings. The van der Waals surface area contributed by atoms with Crippen molar-refractivity contribution in [2.45, 2.75) is 18.4 Å². The van der Waals surface area contributed by atoms with Gasteiger partial charge in [0.05, 0.1) is 16.9 Å². The van der Waals surface area contributed by atoms with E-state index in [1.165, 1.54) is 12.1 Å². The number of methoxy groups -OCH3 is 1. The first-order valence-electron chi connectivity index (χ1n) is 6.71. The van der Waals surface area contributed by atoms with Crippen LogP contribution in [0.3, 0.4) is 0 Å². The van der Waals surface area contributed by atoms with Crippen molar-refractivity contribution < 1.29 is 18.1 Å². The molecule has 2 rings (SSSR count). The number of non-ortho nitro benzene ring substituents is 1. The van der Waals surface area contributed by atoms with Crippen LogP contribution in [0.25, 0.3) is 0 Å². The SMILES string of the molecule is COc1ccc(CNS(=O)(=O)c2cc([N+](=O)[O-])ccc2C)cc1. The normalized spacial score (nSPS) is 11.2. The van der Waals surface area contributed by atoms with Crippen LogP contribution >= 0.6 is 0 Å². The van der Waals surface area contributed by atoms with Gasteiger partial charge in [-0.2, -0.15) is 0 Å². The van der Waals surface area contributed by atoms with Gasteiger partial charge in [-0.25, -0.2) is 13.1 Å². The van der Waals surface area contributed by atoms with Crippen LogP contribution in [0.1, 0.15) is 11.1 Å². The topological polar surface area (TPSA) is 98.5 Å². The summed E-state index contributed by atoms with van der Waals surface area (Å²) in [6.45, 7) is 1.67. The smallest absolute Gasteiger partial charge is 0.270 e. The molecule has 122 valence electrons. The number of ether oxygens (including phenoxy) is 1. The monoisotopic (exact) mass is 336 g/mol. The van der Waals surface area contributed by atoms with Crippen molar-refractivity contribution in [3.63, 3.8) is 0 Å². The fraction of sp³-hybridized carbons (Fsp3) is 0.200. The third-order valence-corrected chi connectivity index (χ3v) is 4.84. The molecule has 0 aliphatic heterocycles. The van der Waals surface area contributed by atoms with Gasteiger partial charge in [-0.3, -0.25) is 10.1 Å². The maximum absolute atomic E-state index is 12.4. The minimum Gasteiger partial charge on any atom is -0.497 e. The Kier molecular flexibility index (Phi) is 4.97.